The summed E-state index contributed by atoms with van der Waals surface area (Å²) in [6.45, 7) is 0.382. The summed E-state index contributed by atoms with van der Waals surface area (Å²) in [5, 5.41) is 7.97. The zero-order valence-electron chi connectivity index (χ0n) is 21.5. The summed E-state index contributed by atoms with van der Waals surface area (Å²) in [4.78, 5) is 64.1. The van der Waals surface area contributed by atoms with Gasteiger partial charge in [-0.15, -0.1) is 0 Å². The Hall–Kier alpha value is -4.08. The van der Waals surface area contributed by atoms with E-state index in [4.69, 9.17) is 0 Å². The first-order valence-corrected chi connectivity index (χ1v) is 13.4. The van der Waals surface area contributed by atoms with Crippen molar-refractivity contribution in [1.29, 1.82) is 0 Å². The third-order valence-electron chi connectivity index (χ3n) is 7.77. The van der Waals surface area contributed by atoms with Gasteiger partial charge in [-0.05, 0) is 60.1 Å². The van der Waals surface area contributed by atoms with E-state index in [2.05, 4.69) is 16.0 Å². The van der Waals surface area contributed by atoms with Crippen LogP contribution >= 0.6 is 0 Å². The molecular formula is C29H31FN4O5. The lowest BCUT2D eigenvalue weighted by atomic mass is 10.0. The molecule has 0 bridgehead atoms. The molecule has 0 aromatic heterocycles. The molecule has 0 radical (unpaired) electrons. The van der Waals surface area contributed by atoms with E-state index in [-0.39, 0.29) is 43.7 Å². The Bertz CT molecular complexity index is 1310. The van der Waals surface area contributed by atoms with Gasteiger partial charge < -0.3 is 15.5 Å². The minimum Gasteiger partial charge on any atom is -0.350 e. The number of imide groups is 1. The van der Waals surface area contributed by atoms with Crippen molar-refractivity contribution in [1.82, 2.24) is 20.9 Å². The Morgan fingerprint density at radius 2 is 1.77 bits per heavy atom. The lowest BCUT2D eigenvalue weighted by molar-refractivity contribution is -0.137. The van der Waals surface area contributed by atoms with Gasteiger partial charge >= 0.3 is 0 Å². The largest absolute Gasteiger partial charge is 0.350 e. The third-order valence-corrected chi connectivity index (χ3v) is 7.77. The minimum absolute atomic E-state index is 0.148. The number of benzene rings is 2. The second-order valence-corrected chi connectivity index (χ2v) is 10.5. The van der Waals surface area contributed by atoms with Crippen LogP contribution in [0.1, 0.15) is 78.0 Å². The molecule has 39 heavy (non-hydrogen) atoms. The molecule has 2 heterocycles. The number of nitrogens with zero attached hydrogens (tertiary/aromatic N) is 1. The predicted octanol–water partition coefficient (Wildman–Crippen LogP) is 2.64. The van der Waals surface area contributed by atoms with Gasteiger partial charge in [0, 0.05) is 31.5 Å². The average Bonchev–Trinajstić information content (AvgIpc) is 3.54. The van der Waals surface area contributed by atoms with Crippen LogP contribution in [0.25, 0.3) is 0 Å². The summed E-state index contributed by atoms with van der Waals surface area (Å²) in [6.07, 6.45) is 5.04. The first-order valence-electron chi connectivity index (χ1n) is 13.4. The van der Waals surface area contributed by atoms with Crippen molar-refractivity contribution in [2.75, 3.05) is 0 Å². The number of rotatable bonds is 8. The van der Waals surface area contributed by atoms with Crippen LogP contribution in [0.15, 0.2) is 42.5 Å². The Labute approximate surface area is 225 Å². The van der Waals surface area contributed by atoms with E-state index in [0.29, 0.717) is 23.5 Å². The second kappa shape index (κ2) is 11.3. The highest BCUT2D eigenvalue weighted by molar-refractivity contribution is 6.05. The molecule has 3 aliphatic rings. The predicted molar refractivity (Wildman–Crippen MR) is 138 cm³/mol. The van der Waals surface area contributed by atoms with Crippen LogP contribution in [-0.4, -0.2) is 40.5 Å². The molecule has 2 unspecified atom stereocenters. The zero-order valence-corrected chi connectivity index (χ0v) is 21.5. The third kappa shape index (κ3) is 6.00. The Balaban J connectivity index is 1.24. The molecule has 1 saturated carbocycles. The number of amides is 5. The van der Waals surface area contributed by atoms with E-state index in [0.717, 1.165) is 36.8 Å². The number of piperidine rings is 1. The number of carbonyl (C=O) groups is 5. The van der Waals surface area contributed by atoms with Gasteiger partial charge in [0.15, 0.2) is 0 Å². The first-order chi connectivity index (χ1) is 18.8. The van der Waals surface area contributed by atoms with Crippen LogP contribution in [0.5, 0.6) is 0 Å². The van der Waals surface area contributed by atoms with E-state index in [9.17, 15) is 28.4 Å². The lowest BCUT2D eigenvalue weighted by Crippen LogP contribution is -2.52. The van der Waals surface area contributed by atoms with Crippen LogP contribution in [0.2, 0.25) is 0 Å². The van der Waals surface area contributed by atoms with Crippen molar-refractivity contribution in [3.05, 3.63) is 70.5 Å². The fraction of sp³-hybridized carbons (Fsp3) is 0.414. The van der Waals surface area contributed by atoms with Crippen LogP contribution < -0.4 is 16.0 Å². The van der Waals surface area contributed by atoms with E-state index >= 15 is 0 Å². The van der Waals surface area contributed by atoms with Gasteiger partial charge in [0.05, 0.1) is 0 Å². The topological polar surface area (TPSA) is 125 Å². The smallest absolute Gasteiger partial charge is 0.255 e. The molecular weight excluding hydrogens is 503 g/mol. The molecule has 2 atom stereocenters. The number of nitrogens with one attached hydrogen (secondary N) is 3. The van der Waals surface area contributed by atoms with E-state index in [1.807, 2.05) is 6.07 Å². The van der Waals surface area contributed by atoms with Crippen LogP contribution in [0.3, 0.4) is 0 Å². The average molecular weight is 535 g/mol. The summed E-state index contributed by atoms with van der Waals surface area (Å²) < 4.78 is 13.5. The van der Waals surface area contributed by atoms with Crippen molar-refractivity contribution in [2.24, 2.45) is 5.92 Å². The highest BCUT2D eigenvalue weighted by Gasteiger charge is 2.39. The number of hydrogen-bond donors (Lipinski definition) is 3. The van der Waals surface area contributed by atoms with Gasteiger partial charge in [-0.2, -0.15) is 0 Å². The summed E-state index contributed by atoms with van der Waals surface area (Å²) in [7, 11) is 0. The van der Waals surface area contributed by atoms with E-state index in [1.165, 1.54) is 29.2 Å². The minimum atomic E-state index is -0.974. The number of halogens is 1. The fourth-order valence-electron chi connectivity index (χ4n) is 5.68. The molecule has 2 fully saturated rings. The summed E-state index contributed by atoms with van der Waals surface area (Å²) in [6, 6.07) is 9.02. The van der Waals surface area contributed by atoms with Crippen molar-refractivity contribution in [2.45, 2.75) is 70.1 Å². The van der Waals surface area contributed by atoms with Crippen LogP contribution in [-0.2, 0) is 32.3 Å². The molecule has 5 rings (SSSR count). The zero-order chi connectivity index (χ0) is 27.5. The second-order valence-electron chi connectivity index (χ2n) is 10.5. The quantitative estimate of drug-likeness (QED) is 0.449. The fourth-order valence-corrected chi connectivity index (χ4v) is 5.68. The summed E-state index contributed by atoms with van der Waals surface area (Å²) in [5.41, 5.74) is 2.44. The molecule has 1 aliphatic carbocycles. The molecule has 10 heteroatoms. The maximum atomic E-state index is 13.5. The number of hydrogen-bond acceptors (Lipinski definition) is 5. The molecule has 5 amide bonds. The van der Waals surface area contributed by atoms with Gasteiger partial charge in [0.1, 0.15) is 17.9 Å². The molecule has 3 N–H and O–H groups in total. The van der Waals surface area contributed by atoms with Crippen molar-refractivity contribution in [3.63, 3.8) is 0 Å². The van der Waals surface area contributed by atoms with E-state index < -0.39 is 29.7 Å². The maximum Gasteiger partial charge on any atom is 0.255 e. The summed E-state index contributed by atoms with van der Waals surface area (Å²) in [5.74, 6) is -1.84. The van der Waals surface area contributed by atoms with Crippen molar-refractivity contribution < 1.29 is 28.4 Å². The molecule has 2 aliphatic heterocycles. The molecule has 204 valence electrons. The van der Waals surface area contributed by atoms with Gasteiger partial charge in [-0.1, -0.05) is 37.1 Å². The Morgan fingerprint density at radius 3 is 2.49 bits per heavy atom. The molecule has 2 aromatic carbocycles. The number of fused-ring (bicyclic) bond motifs is 1. The van der Waals surface area contributed by atoms with Crippen molar-refractivity contribution >= 4 is 29.5 Å². The van der Waals surface area contributed by atoms with Crippen LogP contribution in [0, 0.1) is 11.7 Å². The molecule has 9 nitrogen and oxygen atoms in total. The van der Waals surface area contributed by atoms with Crippen LogP contribution in [0.4, 0.5) is 4.39 Å². The van der Waals surface area contributed by atoms with Gasteiger partial charge in [0.2, 0.25) is 23.6 Å². The highest BCUT2D eigenvalue weighted by Crippen LogP contribution is 2.29. The normalized spacial score (nSPS) is 20.0. The monoisotopic (exact) mass is 534 g/mol. The van der Waals surface area contributed by atoms with Crippen molar-refractivity contribution in [3.8, 4) is 0 Å². The highest BCUT2D eigenvalue weighted by atomic mass is 19.1. The van der Waals surface area contributed by atoms with E-state index in [1.54, 1.807) is 12.1 Å². The first kappa shape index (κ1) is 26.5. The number of carbonyl (C=O) groups excluding carboxylic acids is 5. The Morgan fingerprint density at radius 1 is 1.03 bits per heavy atom. The SMILES string of the molecule is O=C1CCC(N2Cc3cc(CNC(=O)C(NC(=O)CC4CCCC4)c4ccc(F)cc4)ccc3C2=O)C(=O)N1. The van der Waals surface area contributed by atoms with Gasteiger partial charge in [-0.3, -0.25) is 29.3 Å². The maximum absolute atomic E-state index is 13.5. The van der Waals surface area contributed by atoms with Gasteiger partial charge in [-0.25, -0.2) is 4.39 Å². The molecule has 1 saturated heterocycles. The molecule has 0 spiro atoms. The summed E-state index contributed by atoms with van der Waals surface area (Å²) >= 11 is 0. The Kier molecular flexibility index (Phi) is 7.72. The van der Waals surface area contributed by atoms with Gasteiger partial charge in [0.25, 0.3) is 5.91 Å². The lowest BCUT2D eigenvalue weighted by Gasteiger charge is -2.29. The standard InChI is InChI=1S/C29H31FN4O5/c30-21-8-6-19(7-9-21)26(32-25(36)14-17-3-1-2-4-17)28(38)31-15-18-5-10-22-20(13-18)16-34(29(22)39)23-11-12-24(35)33-27(23)37/h5-10,13,17,23,26H,1-4,11-12,14-16H2,(H,31,38)(H,32,36)(H,33,35,37). The molecule has 2 aromatic rings.